The summed E-state index contributed by atoms with van der Waals surface area (Å²) < 4.78 is 0. The molecule has 3 N–H and O–H groups in total. The summed E-state index contributed by atoms with van der Waals surface area (Å²) >= 11 is 0. The third-order valence-electron chi connectivity index (χ3n) is 5.72. The first-order chi connectivity index (χ1) is 8.91. The average molecular weight is 264 g/mol. The number of rotatable bonds is 4. The molecule has 1 amide bonds. The molecule has 0 aromatic heterocycles. The van der Waals surface area contributed by atoms with Crippen LogP contribution in [0.5, 0.6) is 0 Å². The van der Waals surface area contributed by atoms with Gasteiger partial charge in [0.2, 0.25) is 5.91 Å². The van der Waals surface area contributed by atoms with Gasteiger partial charge in [0.25, 0.3) is 0 Å². The lowest BCUT2D eigenvalue weighted by molar-refractivity contribution is -0.155. The van der Waals surface area contributed by atoms with Crippen LogP contribution in [-0.2, 0) is 4.79 Å². The van der Waals surface area contributed by atoms with Gasteiger partial charge in [0.05, 0.1) is 5.41 Å². The lowest BCUT2D eigenvalue weighted by Crippen LogP contribution is -2.57. The van der Waals surface area contributed by atoms with Crippen LogP contribution in [0.2, 0.25) is 0 Å². The van der Waals surface area contributed by atoms with Crippen molar-refractivity contribution in [3.8, 4) is 0 Å². The second kappa shape index (κ2) is 4.47. The van der Waals surface area contributed by atoms with Crippen LogP contribution in [0.4, 0.5) is 0 Å². The van der Waals surface area contributed by atoms with E-state index in [1.807, 2.05) is 6.92 Å². The molecule has 4 rings (SSSR count). The summed E-state index contributed by atoms with van der Waals surface area (Å²) in [6.45, 7) is 5.15. The second-order valence-electron chi connectivity index (χ2n) is 8.07. The van der Waals surface area contributed by atoms with Crippen molar-refractivity contribution < 1.29 is 4.79 Å². The smallest absolute Gasteiger partial charge is 0.226 e. The number of amides is 1. The summed E-state index contributed by atoms with van der Waals surface area (Å²) in [6.07, 6.45) is 8.39. The summed E-state index contributed by atoms with van der Waals surface area (Å²) in [7, 11) is 0. The Morgan fingerprint density at radius 2 is 1.95 bits per heavy atom. The Labute approximate surface area is 116 Å². The molecule has 4 fully saturated rings. The molecule has 4 aliphatic carbocycles. The Hall–Kier alpha value is -0.570. The normalized spacial score (nSPS) is 45.2. The lowest BCUT2D eigenvalue weighted by Gasteiger charge is -2.60. The minimum absolute atomic E-state index is 0.0311. The van der Waals surface area contributed by atoms with Crippen LogP contribution in [0, 0.1) is 22.7 Å². The maximum absolute atomic E-state index is 12.7. The van der Waals surface area contributed by atoms with E-state index >= 15 is 0 Å². The van der Waals surface area contributed by atoms with Crippen LogP contribution < -0.4 is 11.1 Å². The monoisotopic (exact) mass is 264 g/mol. The van der Waals surface area contributed by atoms with E-state index in [1.54, 1.807) is 0 Å². The number of hydrogen-bond donors (Lipinski definition) is 2. The zero-order valence-electron chi connectivity index (χ0n) is 12.4. The largest absolute Gasteiger partial charge is 0.356 e. The van der Waals surface area contributed by atoms with Gasteiger partial charge in [-0.3, -0.25) is 4.79 Å². The van der Waals surface area contributed by atoms with E-state index in [0.29, 0.717) is 11.3 Å². The van der Waals surface area contributed by atoms with Crippen LogP contribution in [0.15, 0.2) is 0 Å². The fourth-order valence-corrected chi connectivity index (χ4v) is 5.59. The fourth-order valence-electron chi connectivity index (χ4n) is 5.59. The van der Waals surface area contributed by atoms with Crippen molar-refractivity contribution >= 4 is 5.91 Å². The number of hydrogen-bond acceptors (Lipinski definition) is 2. The summed E-state index contributed by atoms with van der Waals surface area (Å²) in [6, 6.07) is 0.175. The van der Waals surface area contributed by atoms with Crippen molar-refractivity contribution in [3.05, 3.63) is 0 Å². The van der Waals surface area contributed by atoms with E-state index in [0.717, 1.165) is 44.1 Å². The van der Waals surface area contributed by atoms with E-state index < -0.39 is 0 Å². The summed E-state index contributed by atoms with van der Waals surface area (Å²) in [5.41, 5.74) is 6.17. The number of nitrogens with one attached hydrogen (secondary N) is 1. The minimum Gasteiger partial charge on any atom is -0.356 e. The highest BCUT2D eigenvalue weighted by molar-refractivity contribution is 5.83. The molecule has 4 bridgehead atoms. The molecule has 19 heavy (non-hydrogen) atoms. The van der Waals surface area contributed by atoms with E-state index in [-0.39, 0.29) is 11.5 Å². The molecule has 4 aliphatic rings. The molecule has 0 heterocycles. The van der Waals surface area contributed by atoms with Crippen LogP contribution in [0.25, 0.3) is 0 Å². The van der Waals surface area contributed by atoms with Crippen LogP contribution in [0.1, 0.15) is 58.8 Å². The van der Waals surface area contributed by atoms with Gasteiger partial charge in [-0.25, -0.2) is 0 Å². The van der Waals surface area contributed by atoms with Crippen LogP contribution in [0.3, 0.4) is 0 Å². The third kappa shape index (κ3) is 2.42. The van der Waals surface area contributed by atoms with Gasteiger partial charge in [0.1, 0.15) is 0 Å². The SMILES string of the molecule is CC(N)CCNC(=O)C12CC3CC(CC(C)(C3)C1)C2. The van der Waals surface area contributed by atoms with Crippen molar-refractivity contribution in [2.24, 2.45) is 28.4 Å². The van der Waals surface area contributed by atoms with Crippen LogP contribution >= 0.6 is 0 Å². The van der Waals surface area contributed by atoms with Gasteiger partial charge in [-0.15, -0.1) is 0 Å². The highest BCUT2D eigenvalue weighted by Gasteiger charge is 2.58. The van der Waals surface area contributed by atoms with Crippen molar-refractivity contribution in [2.75, 3.05) is 6.54 Å². The van der Waals surface area contributed by atoms with Crippen molar-refractivity contribution in [2.45, 2.75) is 64.8 Å². The molecule has 4 saturated carbocycles. The highest BCUT2D eigenvalue weighted by atomic mass is 16.2. The van der Waals surface area contributed by atoms with E-state index in [4.69, 9.17) is 5.73 Å². The van der Waals surface area contributed by atoms with Crippen molar-refractivity contribution in [1.29, 1.82) is 0 Å². The summed E-state index contributed by atoms with van der Waals surface area (Å²) in [4.78, 5) is 12.7. The Balaban J connectivity index is 1.68. The predicted molar refractivity (Wildman–Crippen MR) is 76.5 cm³/mol. The van der Waals surface area contributed by atoms with E-state index in [2.05, 4.69) is 12.2 Å². The van der Waals surface area contributed by atoms with Gasteiger partial charge in [-0.05, 0) is 69.1 Å². The minimum atomic E-state index is -0.0311. The zero-order valence-corrected chi connectivity index (χ0v) is 12.4. The molecule has 0 spiro atoms. The third-order valence-corrected chi connectivity index (χ3v) is 5.72. The van der Waals surface area contributed by atoms with Gasteiger partial charge in [-0.2, -0.15) is 0 Å². The van der Waals surface area contributed by atoms with Gasteiger partial charge in [-0.1, -0.05) is 6.92 Å². The lowest BCUT2D eigenvalue weighted by atomic mass is 9.44. The molecule has 3 nitrogen and oxygen atoms in total. The van der Waals surface area contributed by atoms with Crippen molar-refractivity contribution in [3.63, 3.8) is 0 Å². The predicted octanol–water partition coefficient (Wildman–Crippen LogP) is 2.45. The van der Waals surface area contributed by atoms with E-state index in [1.165, 1.54) is 19.3 Å². The molecule has 0 saturated heterocycles. The maximum atomic E-state index is 12.7. The molecule has 0 aliphatic heterocycles. The number of nitrogens with two attached hydrogens (primary N) is 1. The maximum Gasteiger partial charge on any atom is 0.226 e. The van der Waals surface area contributed by atoms with Gasteiger partial charge in [0.15, 0.2) is 0 Å². The topological polar surface area (TPSA) is 55.1 Å². The number of carbonyl (C=O) groups excluding carboxylic acids is 1. The second-order valence-corrected chi connectivity index (χ2v) is 8.07. The first-order valence-electron chi connectivity index (χ1n) is 7.95. The molecule has 0 radical (unpaired) electrons. The standard InChI is InChI=1S/C16H28N2O/c1-11(17)3-4-18-14(19)16-8-12-5-13(9-16)7-15(2,6-12)10-16/h11-13H,3-10,17H2,1-2H3,(H,18,19). The molecule has 0 aromatic rings. The van der Waals surface area contributed by atoms with E-state index in [9.17, 15) is 4.79 Å². The van der Waals surface area contributed by atoms with Gasteiger partial charge in [0, 0.05) is 12.6 Å². The molecule has 108 valence electrons. The zero-order chi connectivity index (χ0) is 13.7. The average Bonchev–Trinajstić information content (AvgIpc) is 2.24. The van der Waals surface area contributed by atoms with Gasteiger partial charge >= 0.3 is 0 Å². The molecule has 3 atom stereocenters. The quantitative estimate of drug-likeness (QED) is 0.819. The molecule has 3 unspecified atom stereocenters. The molecular weight excluding hydrogens is 236 g/mol. The fraction of sp³-hybridized carbons (Fsp3) is 0.938. The summed E-state index contributed by atoms with van der Waals surface area (Å²) in [5.74, 6) is 1.95. The Morgan fingerprint density at radius 1 is 1.32 bits per heavy atom. The first kappa shape index (κ1) is 13.4. The molecular formula is C16H28N2O. The summed E-state index contributed by atoms with van der Waals surface area (Å²) in [5, 5.41) is 3.17. The molecule has 0 aromatic carbocycles. The van der Waals surface area contributed by atoms with Crippen molar-refractivity contribution in [1.82, 2.24) is 5.32 Å². The first-order valence-corrected chi connectivity index (χ1v) is 7.95. The van der Waals surface area contributed by atoms with Gasteiger partial charge < -0.3 is 11.1 Å². The Bertz CT molecular complexity index is 363. The molecule has 3 heteroatoms. The number of carbonyl (C=O) groups is 1. The van der Waals surface area contributed by atoms with Crippen LogP contribution in [-0.4, -0.2) is 18.5 Å². The highest BCUT2D eigenvalue weighted by Crippen LogP contribution is 2.65. The Kier molecular flexibility index (Phi) is 3.16. The Morgan fingerprint density at radius 3 is 2.47 bits per heavy atom.